The number of rotatable bonds is 1. The van der Waals surface area contributed by atoms with Crippen LogP contribution in [0.1, 0.15) is 11.1 Å². The second-order valence-electron chi connectivity index (χ2n) is 3.90. The molecule has 82 valence electrons. The minimum absolute atomic E-state index is 0.305. The first-order valence-electron chi connectivity index (χ1n) is 5.11. The van der Waals surface area contributed by atoms with Crippen molar-refractivity contribution in [2.24, 2.45) is 0 Å². The molecule has 0 saturated heterocycles. The summed E-state index contributed by atoms with van der Waals surface area (Å²) in [6, 6.07) is 9.64. The summed E-state index contributed by atoms with van der Waals surface area (Å²) in [6.45, 7) is 3.50. The summed E-state index contributed by atoms with van der Waals surface area (Å²) in [5.74, 6) is -0.622. The van der Waals surface area contributed by atoms with Gasteiger partial charge in [0.05, 0.1) is 0 Å². The molecule has 0 bridgehead atoms. The minimum atomic E-state index is -0.316. The van der Waals surface area contributed by atoms with Gasteiger partial charge in [-0.05, 0) is 42.7 Å². The van der Waals surface area contributed by atoms with Gasteiger partial charge in [0.25, 0.3) is 0 Å². The molecule has 16 heavy (non-hydrogen) atoms. The summed E-state index contributed by atoms with van der Waals surface area (Å²) in [4.78, 5) is 0. The van der Waals surface area contributed by atoms with Crippen LogP contribution < -0.4 is 0 Å². The maximum atomic E-state index is 13.6. The lowest BCUT2D eigenvalue weighted by Crippen LogP contribution is -1.90. The second-order valence-corrected chi connectivity index (χ2v) is 3.90. The van der Waals surface area contributed by atoms with Gasteiger partial charge >= 0.3 is 0 Å². The molecule has 0 fully saturated rings. The highest BCUT2D eigenvalue weighted by Gasteiger charge is 2.09. The van der Waals surface area contributed by atoms with Crippen LogP contribution >= 0.6 is 0 Å². The topological polar surface area (TPSA) is 0 Å². The van der Waals surface area contributed by atoms with Crippen molar-refractivity contribution in [2.45, 2.75) is 13.8 Å². The predicted octanol–water partition coefficient (Wildman–Crippen LogP) is 4.25. The van der Waals surface area contributed by atoms with Gasteiger partial charge < -0.3 is 0 Å². The normalized spacial score (nSPS) is 10.5. The van der Waals surface area contributed by atoms with E-state index < -0.39 is 0 Å². The molecule has 0 atom stereocenters. The zero-order valence-corrected chi connectivity index (χ0v) is 9.22. The zero-order chi connectivity index (χ0) is 11.7. The monoisotopic (exact) mass is 218 g/mol. The molecule has 0 N–H and O–H groups in total. The first kappa shape index (κ1) is 10.8. The Bertz CT molecular complexity index is 510. The van der Waals surface area contributed by atoms with E-state index in [1.807, 2.05) is 13.0 Å². The Morgan fingerprint density at radius 3 is 2.19 bits per heavy atom. The third kappa shape index (κ3) is 1.83. The van der Waals surface area contributed by atoms with E-state index in [1.54, 1.807) is 25.1 Å². The first-order chi connectivity index (χ1) is 7.59. The summed E-state index contributed by atoms with van der Waals surface area (Å²) in [5.41, 5.74) is 2.43. The van der Waals surface area contributed by atoms with Crippen LogP contribution in [-0.4, -0.2) is 0 Å². The zero-order valence-electron chi connectivity index (χ0n) is 9.22. The Labute approximate surface area is 93.5 Å². The van der Waals surface area contributed by atoms with Crippen molar-refractivity contribution in [1.29, 1.82) is 0 Å². The van der Waals surface area contributed by atoms with Gasteiger partial charge in [0.1, 0.15) is 11.6 Å². The standard InChI is InChI=1S/C14H12F2/c1-9-6-7-11(8-13(9)16)14-10(2)4-3-5-12(14)15/h3-8H,1-2H3. The molecule has 0 saturated carbocycles. The fourth-order valence-electron chi connectivity index (χ4n) is 1.75. The van der Waals surface area contributed by atoms with Gasteiger partial charge in [-0.2, -0.15) is 0 Å². The molecular formula is C14H12F2. The van der Waals surface area contributed by atoms with Gasteiger partial charge in [0.15, 0.2) is 0 Å². The van der Waals surface area contributed by atoms with Gasteiger partial charge in [0, 0.05) is 5.56 Å². The lowest BCUT2D eigenvalue weighted by atomic mass is 9.99. The van der Waals surface area contributed by atoms with Gasteiger partial charge in [0.2, 0.25) is 0 Å². The summed E-state index contributed by atoms with van der Waals surface area (Å²) in [5, 5.41) is 0. The second kappa shape index (κ2) is 4.05. The highest BCUT2D eigenvalue weighted by Crippen LogP contribution is 2.27. The third-order valence-electron chi connectivity index (χ3n) is 2.68. The average Bonchev–Trinajstić information content (AvgIpc) is 2.23. The number of benzene rings is 2. The van der Waals surface area contributed by atoms with Gasteiger partial charge in [-0.3, -0.25) is 0 Å². The van der Waals surface area contributed by atoms with Crippen LogP contribution in [0.5, 0.6) is 0 Å². The quantitative estimate of drug-likeness (QED) is 0.671. The van der Waals surface area contributed by atoms with Crippen LogP contribution in [0, 0.1) is 25.5 Å². The van der Waals surface area contributed by atoms with Crippen LogP contribution in [-0.2, 0) is 0 Å². The van der Waals surface area contributed by atoms with Crippen molar-refractivity contribution >= 4 is 0 Å². The van der Waals surface area contributed by atoms with Crippen LogP contribution in [0.4, 0.5) is 8.78 Å². The van der Waals surface area contributed by atoms with Crippen LogP contribution in [0.25, 0.3) is 11.1 Å². The molecule has 0 spiro atoms. The van der Waals surface area contributed by atoms with E-state index in [1.165, 1.54) is 12.1 Å². The molecule has 0 heterocycles. The van der Waals surface area contributed by atoms with Crippen molar-refractivity contribution in [2.75, 3.05) is 0 Å². The third-order valence-corrected chi connectivity index (χ3v) is 2.68. The van der Waals surface area contributed by atoms with Crippen molar-refractivity contribution < 1.29 is 8.78 Å². The Kier molecular flexibility index (Phi) is 2.73. The highest BCUT2D eigenvalue weighted by molar-refractivity contribution is 5.68. The summed E-state index contributed by atoms with van der Waals surface area (Å²) in [6.07, 6.45) is 0. The molecule has 0 aliphatic rings. The summed E-state index contributed by atoms with van der Waals surface area (Å²) >= 11 is 0. The number of aryl methyl sites for hydroxylation is 2. The Morgan fingerprint density at radius 2 is 1.56 bits per heavy atom. The lowest BCUT2D eigenvalue weighted by molar-refractivity contribution is 0.617. The van der Waals surface area contributed by atoms with E-state index >= 15 is 0 Å². The SMILES string of the molecule is Cc1ccc(-c2c(C)cccc2F)cc1F. The molecule has 0 aromatic heterocycles. The van der Waals surface area contributed by atoms with E-state index in [4.69, 9.17) is 0 Å². The van der Waals surface area contributed by atoms with Gasteiger partial charge in [-0.25, -0.2) is 8.78 Å². The van der Waals surface area contributed by atoms with Crippen LogP contribution in [0.15, 0.2) is 36.4 Å². The van der Waals surface area contributed by atoms with Crippen molar-refractivity contribution in [3.05, 3.63) is 59.2 Å². The fourth-order valence-corrected chi connectivity index (χ4v) is 1.75. The van der Waals surface area contributed by atoms with Crippen LogP contribution in [0.2, 0.25) is 0 Å². The molecule has 0 radical (unpaired) electrons. The smallest absolute Gasteiger partial charge is 0.131 e. The summed E-state index contributed by atoms with van der Waals surface area (Å²) < 4.78 is 27.1. The Balaban J connectivity index is 2.63. The van der Waals surface area contributed by atoms with E-state index in [0.717, 1.165) is 5.56 Å². The van der Waals surface area contributed by atoms with Crippen molar-refractivity contribution in [1.82, 2.24) is 0 Å². The lowest BCUT2D eigenvalue weighted by Gasteiger charge is -2.08. The van der Waals surface area contributed by atoms with E-state index in [2.05, 4.69) is 0 Å². The van der Waals surface area contributed by atoms with Crippen molar-refractivity contribution in [3.63, 3.8) is 0 Å². The molecule has 2 heteroatoms. The van der Waals surface area contributed by atoms with E-state index in [9.17, 15) is 8.78 Å². The first-order valence-corrected chi connectivity index (χ1v) is 5.11. The maximum Gasteiger partial charge on any atom is 0.131 e. The average molecular weight is 218 g/mol. The van der Waals surface area contributed by atoms with Crippen LogP contribution in [0.3, 0.4) is 0 Å². The number of hydrogen-bond acceptors (Lipinski definition) is 0. The molecule has 0 aliphatic carbocycles. The molecular weight excluding hydrogens is 206 g/mol. The van der Waals surface area contributed by atoms with Crippen molar-refractivity contribution in [3.8, 4) is 11.1 Å². The summed E-state index contributed by atoms with van der Waals surface area (Å²) in [7, 11) is 0. The minimum Gasteiger partial charge on any atom is -0.207 e. The number of halogens is 2. The molecule has 0 nitrogen and oxygen atoms in total. The molecule has 0 aliphatic heterocycles. The van der Waals surface area contributed by atoms with Gasteiger partial charge in [-0.15, -0.1) is 0 Å². The molecule has 0 unspecified atom stereocenters. The molecule has 2 rings (SSSR count). The van der Waals surface area contributed by atoms with E-state index in [0.29, 0.717) is 16.7 Å². The number of hydrogen-bond donors (Lipinski definition) is 0. The largest absolute Gasteiger partial charge is 0.207 e. The highest BCUT2D eigenvalue weighted by atomic mass is 19.1. The maximum absolute atomic E-state index is 13.6. The molecule has 2 aromatic rings. The Hall–Kier alpha value is -1.70. The fraction of sp³-hybridized carbons (Fsp3) is 0.143. The molecule has 0 amide bonds. The molecule has 2 aromatic carbocycles. The predicted molar refractivity (Wildman–Crippen MR) is 61.3 cm³/mol. The van der Waals surface area contributed by atoms with E-state index in [-0.39, 0.29) is 11.6 Å². The van der Waals surface area contributed by atoms with Gasteiger partial charge in [-0.1, -0.05) is 24.3 Å². The Morgan fingerprint density at radius 1 is 0.812 bits per heavy atom.